The van der Waals surface area contributed by atoms with Crippen LogP contribution in [0.25, 0.3) is 5.69 Å². The summed E-state index contributed by atoms with van der Waals surface area (Å²) in [7, 11) is 0. The Morgan fingerprint density at radius 1 is 1.00 bits per heavy atom. The van der Waals surface area contributed by atoms with Crippen molar-refractivity contribution < 1.29 is 13.5 Å². The molecule has 9 heteroatoms. The first-order valence-corrected chi connectivity index (χ1v) is 10.4. The monoisotopic (exact) mass is 479 g/mol. The number of para-hydroxylation sites is 1. The van der Waals surface area contributed by atoms with E-state index in [-0.39, 0.29) is 27.6 Å². The average Bonchev–Trinajstić information content (AvgIpc) is 2.82. The summed E-state index contributed by atoms with van der Waals surface area (Å²) in [5.74, 6) is -3.11. The van der Waals surface area contributed by atoms with E-state index in [9.17, 15) is 23.6 Å². The normalized spacial score (nSPS) is 11.1. The fourth-order valence-corrected chi connectivity index (χ4v) is 3.62. The van der Waals surface area contributed by atoms with E-state index < -0.39 is 22.9 Å². The summed E-state index contributed by atoms with van der Waals surface area (Å²) in [4.78, 5) is 27.7. The van der Waals surface area contributed by atoms with Gasteiger partial charge in [-0.2, -0.15) is 14.0 Å². The number of aromatic nitrogens is 2. The maximum absolute atomic E-state index is 14.9. The van der Waals surface area contributed by atoms with E-state index in [0.717, 1.165) is 5.56 Å². The third-order valence-electron chi connectivity index (χ3n) is 5.13. The summed E-state index contributed by atoms with van der Waals surface area (Å²) in [5.41, 5.74) is -2.65. The van der Waals surface area contributed by atoms with Gasteiger partial charge in [0.1, 0.15) is 17.6 Å². The molecule has 4 aromatic rings. The molecule has 0 saturated heterocycles. The largest absolute Gasteiger partial charge is 0.456 e. The van der Waals surface area contributed by atoms with Gasteiger partial charge in [0.2, 0.25) is 0 Å². The van der Waals surface area contributed by atoms with Gasteiger partial charge in [-0.25, -0.2) is 9.36 Å². The van der Waals surface area contributed by atoms with Crippen LogP contribution in [-0.4, -0.2) is 9.55 Å². The number of benzene rings is 3. The van der Waals surface area contributed by atoms with Crippen LogP contribution in [0.4, 0.5) is 8.78 Å². The molecule has 1 N–H and O–H groups in total. The van der Waals surface area contributed by atoms with Gasteiger partial charge in [-0.15, -0.1) is 0 Å². The molecule has 1 heterocycles. The maximum Gasteiger partial charge on any atom is 0.333 e. The molecule has 0 amide bonds. The quantitative estimate of drug-likeness (QED) is 0.421. The lowest BCUT2D eigenvalue weighted by Gasteiger charge is -2.18. The van der Waals surface area contributed by atoms with Crippen molar-refractivity contribution in [2.75, 3.05) is 0 Å². The van der Waals surface area contributed by atoms with Crippen LogP contribution in [0.1, 0.15) is 22.4 Å². The van der Waals surface area contributed by atoms with E-state index in [0.29, 0.717) is 16.4 Å². The van der Waals surface area contributed by atoms with Crippen LogP contribution in [0.15, 0.2) is 82.4 Å². The highest BCUT2D eigenvalue weighted by molar-refractivity contribution is 6.32. The van der Waals surface area contributed by atoms with Crippen LogP contribution in [0.5, 0.6) is 11.5 Å². The fraction of sp³-hybridized carbons (Fsp3) is 0.0800. The second-order valence-electron chi connectivity index (χ2n) is 7.38. The van der Waals surface area contributed by atoms with Crippen LogP contribution < -0.4 is 16.0 Å². The molecule has 0 unspecified atom stereocenters. The Balaban J connectivity index is 1.84. The first kappa shape index (κ1) is 23.0. The zero-order chi connectivity index (χ0) is 24.5. The molecule has 0 bridgehead atoms. The smallest absolute Gasteiger partial charge is 0.333 e. The Kier molecular flexibility index (Phi) is 6.05. The predicted molar refractivity (Wildman–Crippen MR) is 123 cm³/mol. The van der Waals surface area contributed by atoms with E-state index in [1.54, 1.807) is 31.2 Å². The topological polar surface area (TPSA) is 87.9 Å². The number of nitriles is 1. The van der Waals surface area contributed by atoms with Gasteiger partial charge >= 0.3 is 11.6 Å². The number of alkyl halides is 2. The number of aryl methyl sites for hydroxylation is 1. The van der Waals surface area contributed by atoms with E-state index in [2.05, 4.69) is 4.98 Å². The lowest BCUT2D eigenvalue weighted by molar-refractivity contribution is 0.0373. The molecule has 0 radical (unpaired) electrons. The second kappa shape index (κ2) is 8.96. The first-order valence-electron chi connectivity index (χ1n) is 10.00. The van der Waals surface area contributed by atoms with E-state index in [1.807, 2.05) is 12.1 Å². The summed E-state index contributed by atoms with van der Waals surface area (Å²) < 4.78 is 36.3. The van der Waals surface area contributed by atoms with Gasteiger partial charge in [-0.3, -0.25) is 4.79 Å². The molecule has 0 aliphatic rings. The van der Waals surface area contributed by atoms with Gasteiger partial charge in [-0.05, 0) is 24.6 Å². The van der Waals surface area contributed by atoms with E-state index >= 15 is 0 Å². The summed E-state index contributed by atoms with van der Waals surface area (Å²) in [5, 5.41) is 9.38. The van der Waals surface area contributed by atoms with Gasteiger partial charge in [0.05, 0.1) is 22.0 Å². The standard InChI is InChI=1S/C25H16ClF2N3O3/c1-15-7-5-6-10-20(15)34-21-12-19(18(26)11-16(21)14-29)31-23(32)13-22(30-24(31)33)25(27,28)17-8-3-2-4-9-17/h2-13H,1H3,(H,30,33). The molecule has 0 aliphatic carbocycles. The average molecular weight is 480 g/mol. The van der Waals surface area contributed by atoms with Crippen LogP contribution >= 0.6 is 11.6 Å². The van der Waals surface area contributed by atoms with E-state index in [4.69, 9.17) is 16.3 Å². The van der Waals surface area contributed by atoms with Crippen LogP contribution in [0, 0.1) is 18.3 Å². The summed E-state index contributed by atoms with van der Waals surface area (Å²) >= 11 is 6.25. The predicted octanol–water partition coefficient (Wildman–Crippen LogP) is 5.29. The van der Waals surface area contributed by atoms with Crippen LogP contribution in [-0.2, 0) is 5.92 Å². The first-order chi connectivity index (χ1) is 16.2. The summed E-state index contributed by atoms with van der Waals surface area (Å²) in [6, 6.07) is 18.9. The van der Waals surface area contributed by atoms with Crippen LogP contribution in [0.3, 0.4) is 0 Å². The highest BCUT2D eigenvalue weighted by Gasteiger charge is 2.36. The zero-order valence-corrected chi connectivity index (χ0v) is 18.4. The molecular weight excluding hydrogens is 464 g/mol. The van der Waals surface area contributed by atoms with Crippen LogP contribution in [0.2, 0.25) is 5.02 Å². The molecule has 0 atom stereocenters. The van der Waals surface area contributed by atoms with Crippen molar-refractivity contribution in [2.24, 2.45) is 0 Å². The molecule has 0 aliphatic heterocycles. The molecular formula is C25H16ClF2N3O3. The lowest BCUT2D eigenvalue weighted by Crippen LogP contribution is -2.37. The minimum atomic E-state index is -3.60. The van der Waals surface area contributed by atoms with Gasteiger partial charge in [0, 0.05) is 17.7 Å². The molecule has 6 nitrogen and oxygen atoms in total. The molecule has 3 aromatic carbocycles. The summed E-state index contributed by atoms with van der Waals surface area (Å²) in [6.07, 6.45) is 0. The highest BCUT2D eigenvalue weighted by Crippen LogP contribution is 2.34. The summed E-state index contributed by atoms with van der Waals surface area (Å²) in [6.45, 7) is 1.80. The van der Waals surface area contributed by atoms with Crippen molar-refractivity contribution in [1.29, 1.82) is 5.26 Å². The Hall–Kier alpha value is -4.22. The number of hydrogen-bond acceptors (Lipinski definition) is 4. The molecule has 0 spiro atoms. The Morgan fingerprint density at radius 2 is 1.68 bits per heavy atom. The fourth-order valence-electron chi connectivity index (χ4n) is 3.37. The highest BCUT2D eigenvalue weighted by atomic mass is 35.5. The molecule has 1 aromatic heterocycles. The minimum Gasteiger partial charge on any atom is -0.456 e. The van der Waals surface area contributed by atoms with Crippen molar-refractivity contribution in [3.8, 4) is 23.3 Å². The molecule has 0 saturated carbocycles. The van der Waals surface area contributed by atoms with Crippen molar-refractivity contribution in [3.63, 3.8) is 0 Å². The lowest BCUT2D eigenvalue weighted by atomic mass is 10.1. The number of rotatable bonds is 5. The number of nitrogens with one attached hydrogen (secondary N) is 1. The number of halogens is 3. The van der Waals surface area contributed by atoms with Gasteiger partial charge in [-0.1, -0.05) is 60.1 Å². The molecule has 4 rings (SSSR count). The number of H-pyrrole nitrogens is 1. The number of nitrogens with zero attached hydrogens (tertiary/aromatic N) is 2. The number of hydrogen-bond donors (Lipinski definition) is 1. The molecule has 34 heavy (non-hydrogen) atoms. The maximum atomic E-state index is 14.9. The Labute approximate surface area is 197 Å². The Bertz CT molecular complexity index is 1510. The van der Waals surface area contributed by atoms with Gasteiger partial charge in [0.15, 0.2) is 0 Å². The van der Waals surface area contributed by atoms with Gasteiger partial charge in [0.25, 0.3) is 5.56 Å². The molecule has 170 valence electrons. The minimum absolute atomic E-state index is 0.0428. The number of aromatic amines is 1. The van der Waals surface area contributed by atoms with Crippen molar-refractivity contribution in [1.82, 2.24) is 9.55 Å². The second-order valence-corrected chi connectivity index (χ2v) is 7.79. The SMILES string of the molecule is Cc1ccccc1Oc1cc(-n2c(=O)cc(C(F)(F)c3ccccc3)[nH]c2=O)c(Cl)cc1C#N. The third kappa shape index (κ3) is 4.21. The van der Waals surface area contributed by atoms with Gasteiger partial charge < -0.3 is 9.72 Å². The number of ether oxygens (including phenoxy) is 1. The van der Waals surface area contributed by atoms with Crippen molar-refractivity contribution in [2.45, 2.75) is 12.8 Å². The van der Waals surface area contributed by atoms with Crippen molar-refractivity contribution in [3.05, 3.63) is 121 Å². The third-order valence-corrected chi connectivity index (χ3v) is 5.43. The zero-order valence-electron chi connectivity index (χ0n) is 17.7. The molecule has 0 fully saturated rings. The van der Waals surface area contributed by atoms with E-state index in [1.165, 1.54) is 36.4 Å². The Morgan fingerprint density at radius 3 is 2.32 bits per heavy atom. The van der Waals surface area contributed by atoms with Crippen molar-refractivity contribution >= 4 is 11.6 Å².